The Hall–Kier alpha value is -2.63. The van der Waals surface area contributed by atoms with Gasteiger partial charge in [0, 0.05) is 36.0 Å². The molecule has 3 unspecified atom stereocenters. The molecule has 0 bridgehead atoms. The highest BCUT2D eigenvalue weighted by molar-refractivity contribution is 7.98. The van der Waals surface area contributed by atoms with Crippen LogP contribution in [-0.4, -0.2) is 71.8 Å². The normalized spacial score (nSPS) is 17.4. The molecule has 1 aliphatic rings. The lowest BCUT2D eigenvalue weighted by Gasteiger charge is -2.34. The molecule has 1 fully saturated rings. The van der Waals surface area contributed by atoms with Crippen LogP contribution in [0.5, 0.6) is 0 Å². The van der Waals surface area contributed by atoms with Gasteiger partial charge in [-0.05, 0) is 75.0 Å². The highest BCUT2D eigenvalue weighted by atomic mass is 32.2. The number of carbonyl (C=O) groups is 3. The van der Waals surface area contributed by atoms with Crippen LogP contribution in [-0.2, 0) is 16.0 Å². The molecule has 2 aromatic rings. The minimum atomic E-state index is -0.540. The lowest BCUT2D eigenvalue weighted by atomic mass is 9.96. The lowest BCUT2D eigenvalue weighted by Crippen LogP contribution is -2.56. The van der Waals surface area contributed by atoms with Gasteiger partial charge in [-0.1, -0.05) is 26.7 Å². The summed E-state index contributed by atoms with van der Waals surface area (Å²) in [6, 6.07) is 6.54. The second-order valence-corrected chi connectivity index (χ2v) is 11.8. The molecule has 1 aromatic carbocycles. The monoisotopic (exact) mass is 560 g/mol. The quantitative estimate of drug-likeness (QED) is 0.268. The van der Waals surface area contributed by atoms with Crippen LogP contribution >= 0.6 is 23.3 Å². The summed E-state index contributed by atoms with van der Waals surface area (Å²) in [5.74, 6) is -0.334. The summed E-state index contributed by atoms with van der Waals surface area (Å²) in [4.78, 5) is 47.9. The molecule has 0 aliphatic carbocycles. The first-order valence-electron chi connectivity index (χ1n) is 13.2. The maximum atomic E-state index is 13.3. The van der Waals surface area contributed by atoms with Crippen LogP contribution < -0.4 is 15.8 Å². The molecule has 3 rings (SSSR count). The van der Waals surface area contributed by atoms with E-state index < -0.39 is 6.04 Å². The summed E-state index contributed by atoms with van der Waals surface area (Å²) in [5.41, 5.74) is 6.74. The lowest BCUT2D eigenvalue weighted by molar-refractivity contribution is -0.138. The molecule has 0 spiro atoms. The van der Waals surface area contributed by atoms with Gasteiger partial charge in [0.25, 0.3) is 5.91 Å². The van der Waals surface area contributed by atoms with E-state index in [1.807, 2.05) is 33.0 Å². The zero-order chi connectivity index (χ0) is 27.7. The molecule has 9 nitrogen and oxygen atoms in total. The molecule has 1 saturated heterocycles. The molecule has 3 atom stereocenters. The molecule has 1 aromatic heterocycles. The zero-order valence-electron chi connectivity index (χ0n) is 22.7. The Balaban J connectivity index is 1.47. The number of likely N-dealkylation sites (tertiary alicyclic amines) is 1. The number of hydrogen-bond acceptors (Lipinski definition) is 8. The predicted molar refractivity (Wildman–Crippen MR) is 154 cm³/mol. The molecule has 2 heterocycles. The number of carbonyl (C=O) groups excluding carboxylic acids is 3. The van der Waals surface area contributed by atoms with Crippen molar-refractivity contribution in [2.24, 2.45) is 5.92 Å². The largest absolute Gasteiger partial charge is 0.399 e. The highest BCUT2D eigenvalue weighted by Gasteiger charge is 2.33. The second kappa shape index (κ2) is 14.5. The van der Waals surface area contributed by atoms with Crippen molar-refractivity contribution in [3.8, 4) is 0 Å². The maximum Gasteiger partial charge on any atom is 0.280 e. The first kappa shape index (κ1) is 29.9. The summed E-state index contributed by atoms with van der Waals surface area (Å²) >= 11 is 2.66. The zero-order valence-corrected chi connectivity index (χ0v) is 24.4. The number of aromatic nitrogens is 1. The van der Waals surface area contributed by atoms with E-state index in [1.54, 1.807) is 29.5 Å². The number of amides is 3. The molecular weight excluding hydrogens is 520 g/mol. The van der Waals surface area contributed by atoms with Crippen LogP contribution in [0.15, 0.2) is 34.5 Å². The van der Waals surface area contributed by atoms with Gasteiger partial charge in [-0.15, -0.1) is 11.3 Å². The van der Waals surface area contributed by atoms with Crippen molar-refractivity contribution in [1.82, 2.24) is 24.8 Å². The van der Waals surface area contributed by atoms with Crippen molar-refractivity contribution in [3.05, 3.63) is 40.3 Å². The Bertz CT molecular complexity index is 1080. The number of nitrogens with two attached hydrogens (primary N) is 1. The number of benzene rings is 1. The van der Waals surface area contributed by atoms with Crippen molar-refractivity contribution in [2.45, 2.75) is 69.4 Å². The van der Waals surface area contributed by atoms with Gasteiger partial charge in [0.2, 0.25) is 11.8 Å². The first-order valence-corrected chi connectivity index (χ1v) is 14.9. The molecule has 4 N–H and O–H groups in total. The first-order chi connectivity index (χ1) is 18.2. The third-order valence-corrected chi connectivity index (χ3v) is 8.74. The number of nitrogen functional groups attached to an aromatic ring is 1. The molecule has 0 saturated carbocycles. The minimum absolute atomic E-state index is 0.0361. The summed E-state index contributed by atoms with van der Waals surface area (Å²) < 4.78 is 2.80. The number of anilines is 1. The summed E-state index contributed by atoms with van der Waals surface area (Å²) in [5, 5.41) is 5.66. The number of aryl methyl sites for hydroxylation is 1. The van der Waals surface area contributed by atoms with Gasteiger partial charge >= 0.3 is 0 Å². The van der Waals surface area contributed by atoms with Crippen LogP contribution in [0.2, 0.25) is 0 Å². The molecule has 1 aliphatic heterocycles. The van der Waals surface area contributed by atoms with Crippen molar-refractivity contribution in [3.63, 3.8) is 0 Å². The Morgan fingerprint density at radius 3 is 2.68 bits per heavy atom. The Kier molecular flexibility index (Phi) is 11.4. The van der Waals surface area contributed by atoms with Crippen LogP contribution in [0, 0.1) is 5.92 Å². The minimum Gasteiger partial charge on any atom is -0.399 e. The van der Waals surface area contributed by atoms with E-state index in [2.05, 4.69) is 19.9 Å². The molecule has 38 heavy (non-hydrogen) atoms. The summed E-state index contributed by atoms with van der Waals surface area (Å²) in [6.45, 7) is 5.49. The topological polar surface area (TPSA) is 121 Å². The van der Waals surface area contributed by atoms with E-state index in [1.165, 1.54) is 23.3 Å². The molecule has 3 amide bonds. The fourth-order valence-corrected chi connectivity index (χ4v) is 5.79. The van der Waals surface area contributed by atoms with Crippen LogP contribution in [0.25, 0.3) is 0 Å². The average molecular weight is 561 g/mol. The summed E-state index contributed by atoms with van der Waals surface area (Å²) in [6.07, 6.45) is 5.13. The highest BCUT2D eigenvalue weighted by Crippen LogP contribution is 2.19. The predicted octanol–water partition coefficient (Wildman–Crippen LogP) is 3.57. The van der Waals surface area contributed by atoms with Gasteiger partial charge in [0.1, 0.15) is 11.7 Å². The Labute approximate surface area is 234 Å². The SMILES string of the molecule is CCC(C)C(NC(=O)C1CCCCN1C)C(=O)N(C)CCCc1nc(C(=O)NSc2ccc(N)cc2)cs1. The fraction of sp³-hybridized carbons (Fsp3) is 0.556. The van der Waals surface area contributed by atoms with Gasteiger partial charge < -0.3 is 16.0 Å². The number of piperidine rings is 1. The standard InChI is InChI=1S/C27H40N6O3S2/c1-5-18(2)24(30-26(35)22-9-6-7-15-32(22)3)27(36)33(4)16-8-10-23-29-21(17-37-23)25(34)31-38-20-13-11-19(28)12-14-20/h11-14,17-18,22,24H,5-10,15-16,28H2,1-4H3,(H,30,35)(H,31,34). The number of nitrogens with one attached hydrogen (secondary N) is 2. The molecule has 208 valence electrons. The third kappa shape index (κ3) is 8.44. The van der Waals surface area contributed by atoms with E-state index in [-0.39, 0.29) is 29.7 Å². The van der Waals surface area contributed by atoms with Crippen molar-refractivity contribution >= 4 is 46.7 Å². The van der Waals surface area contributed by atoms with E-state index >= 15 is 0 Å². The van der Waals surface area contributed by atoms with Crippen molar-refractivity contribution < 1.29 is 14.4 Å². The Morgan fingerprint density at radius 1 is 1.26 bits per heavy atom. The van der Waals surface area contributed by atoms with Gasteiger partial charge in [-0.3, -0.25) is 24.0 Å². The van der Waals surface area contributed by atoms with Gasteiger partial charge in [-0.25, -0.2) is 4.98 Å². The van der Waals surface area contributed by atoms with Gasteiger partial charge in [-0.2, -0.15) is 0 Å². The number of hydrogen-bond donors (Lipinski definition) is 3. The molecule has 11 heteroatoms. The second-order valence-electron chi connectivity index (χ2n) is 9.96. The van der Waals surface area contributed by atoms with Gasteiger partial charge in [0.05, 0.1) is 11.0 Å². The van der Waals surface area contributed by atoms with E-state index in [0.717, 1.165) is 42.1 Å². The fourth-order valence-electron chi connectivity index (χ4n) is 4.38. The average Bonchev–Trinajstić information content (AvgIpc) is 3.39. The number of thiazole rings is 1. The number of rotatable bonds is 12. The van der Waals surface area contributed by atoms with Crippen molar-refractivity contribution in [2.75, 3.05) is 32.9 Å². The van der Waals surface area contributed by atoms with Crippen LogP contribution in [0.3, 0.4) is 0 Å². The van der Waals surface area contributed by atoms with E-state index in [4.69, 9.17) is 5.73 Å². The van der Waals surface area contributed by atoms with Gasteiger partial charge in [0.15, 0.2) is 0 Å². The van der Waals surface area contributed by atoms with Crippen LogP contribution in [0.4, 0.5) is 5.69 Å². The van der Waals surface area contributed by atoms with E-state index in [9.17, 15) is 14.4 Å². The van der Waals surface area contributed by atoms with E-state index in [0.29, 0.717) is 30.8 Å². The molecular formula is C27H40N6O3S2. The smallest absolute Gasteiger partial charge is 0.280 e. The summed E-state index contributed by atoms with van der Waals surface area (Å²) in [7, 11) is 3.76. The number of nitrogens with zero attached hydrogens (tertiary/aromatic N) is 3. The molecule has 0 radical (unpaired) electrons. The van der Waals surface area contributed by atoms with Crippen molar-refractivity contribution in [1.29, 1.82) is 0 Å². The van der Waals surface area contributed by atoms with Crippen LogP contribution in [0.1, 0.15) is 61.4 Å². The third-order valence-electron chi connectivity index (χ3n) is 7.04. The Morgan fingerprint density at radius 2 is 2.00 bits per heavy atom. The maximum absolute atomic E-state index is 13.3. The number of likely N-dealkylation sites (N-methyl/N-ethyl adjacent to an activating group) is 2.